The van der Waals surface area contributed by atoms with Gasteiger partial charge in [-0.05, 0) is 25.2 Å². The minimum atomic E-state index is -0.571. The van der Waals surface area contributed by atoms with Crippen molar-refractivity contribution in [1.29, 1.82) is 0 Å². The molecule has 1 aliphatic rings. The molecule has 0 bridgehead atoms. The maximum atomic E-state index is 12.0. The first-order valence-corrected chi connectivity index (χ1v) is 6.80. The Kier molecular flexibility index (Phi) is 6.39. The predicted octanol–water partition coefficient (Wildman–Crippen LogP) is 3.06. The van der Waals surface area contributed by atoms with Gasteiger partial charge >= 0.3 is 12.1 Å². The van der Waals surface area contributed by atoms with E-state index >= 15 is 0 Å². The van der Waals surface area contributed by atoms with Crippen molar-refractivity contribution in [3.8, 4) is 0 Å². The molecule has 1 saturated carbocycles. The van der Waals surface area contributed by atoms with E-state index in [1.165, 1.54) is 6.92 Å². The molecule has 0 saturated heterocycles. The van der Waals surface area contributed by atoms with Crippen LogP contribution < -0.4 is 0 Å². The summed E-state index contributed by atoms with van der Waals surface area (Å²) in [6.07, 6.45) is 5.79. The first-order chi connectivity index (χ1) is 9.04. The molecule has 1 rings (SSSR count). The average Bonchev–Trinajstić information content (AvgIpc) is 2.86. The number of ether oxygens (including phenoxy) is 1. The summed E-state index contributed by atoms with van der Waals surface area (Å²) < 4.78 is 5.19. The molecular weight excluding hydrogens is 246 g/mol. The van der Waals surface area contributed by atoms with E-state index in [0.29, 0.717) is 6.61 Å². The van der Waals surface area contributed by atoms with Crippen molar-refractivity contribution in [1.82, 2.24) is 5.06 Å². The molecule has 0 spiro atoms. The summed E-state index contributed by atoms with van der Waals surface area (Å²) in [6, 6.07) is -0.0499. The highest BCUT2D eigenvalue weighted by molar-refractivity contribution is 5.71. The van der Waals surface area contributed by atoms with Gasteiger partial charge in [0.25, 0.3) is 0 Å². The Morgan fingerprint density at radius 1 is 1.42 bits per heavy atom. The van der Waals surface area contributed by atoms with E-state index in [1.807, 2.05) is 6.92 Å². The molecule has 0 radical (unpaired) electrons. The second kappa shape index (κ2) is 7.81. The summed E-state index contributed by atoms with van der Waals surface area (Å²) in [4.78, 5) is 28.0. The quantitative estimate of drug-likeness (QED) is 0.568. The number of allylic oxidation sites excluding steroid dienone is 1. The van der Waals surface area contributed by atoms with Crippen LogP contribution in [0, 0.1) is 5.92 Å². The molecule has 5 nitrogen and oxygen atoms in total. The summed E-state index contributed by atoms with van der Waals surface area (Å²) in [5.41, 5.74) is 0. The molecule has 1 fully saturated rings. The Hall–Kier alpha value is -1.52. The standard InChI is InChI=1S/C14H23NO4/c1-4-7-11(2)10-18-14(17)15(19-12(3)16)13-8-5-6-9-13/h4,11,13H,1,5-10H2,2-3H3. The zero-order valence-corrected chi connectivity index (χ0v) is 11.8. The number of rotatable bonds is 5. The van der Waals surface area contributed by atoms with Crippen LogP contribution in [0.3, 0.4) is 0 Å². The molecule has 19 heavy (non-hydrogen) atoms. The summed E-state index contributed by atoms with van der Waals surface area (Å²) in [5, 5.41) is 1.11. The van der Waals surface area contributed by atoms with E-state index < -0.39 is 12.1 Å². The number of hydrogen-bond acceptors (Lipinski definition) is 4. The van der Waals surface area contributed by atoms with Crippen LogP contribution in [0.4, 0.5) is 4.79 Å². The second-order valence-electron chi connectivity index (χ2n) is 5.05. The highest BCUT2D eigenvalue weighted by atomic mass is 16.8. The lowest BCUT2D eigenvalue weighted by molar-refractivity contribution is -0.188. The van der Waals surface area contributed by atoms with E-state index in [1.54, 1.807) is 6.08 Å². The maximum absolute atomic E-state index is 12.0. The molecule has 0 aromatic heterocycles. The topological polar surface area (TPSA) is 55.8 Å². The van der Waals surface area contributed by atoms with Gasteiger partial charge in [0.05, 0.1) is 12.6 Å². The first-order valence-electron chi connectivity index (χ1n) is 6.80. The maximum Gasteiger partial charge on any atom is 0.443 e. The second-order valence-corrected chi connectivity index (χ2v) is 5.05. The molecular formula is C14H23NO4. The summed E-state index contributed by atoms with van der Waals surface area (Å²) >= 11 is 0. The summed E-state index contributed by atoms with van der Waals surface area (Å²) in [5.74, 6) is -0.285. The summed E-state index contributed by atoms with van der Waals surface area (Å²) in [7, 11) is 0. The van der Waals surface area contributed by atoms with Crippen LogP contribution in [0.25, 0.3) is 0 Å². The minimum Gasteiger partial charge on any atom is -0.447 e. The van der Waals surface area contributed by atoms with Gasteiger partial charge in [0.15, 0.2) is 0 Å². The van der Waals surface area contributed by atoms with Gasteiger partial charge < -0.3 is 9.57 Å². The zero-order valence-electron chi connectivity index (χ0n) is 11.8. The lowest BCUT2D eigenvalue weighted by Crippen LogP contribution is -2.40. The number of carbonyl (C=O) groups excluding carboxylic acids is 2. The summed E-state index contributed by atoms with van der Waals surface area (Å²) in [6.45, 7) is 7.21. The monoisotopic (exact) mass is 269 g/mol. The number of nitrogens with zero attached hydrogens (tertiary/aromatic N) is 1. The Labute approximate surface area is 114 Å². The molecule has 0 aromatic carbocycles. The largest absolute Gasteiger partial charge is 0.447 e. The average molecular weight is 269 g/mol. The van der Waals surface area contributed by atoms with Crippen molar-refractivity contribution in [2.75, 3.05) is 6.61 Å². The lowest BCUT2D eigenvalue weighted by Gasteiger charge is -2.26. The van der Waals surface area contributed by atoms with Crippen molar-refractivity contribution < 1.29 is 19.2 Å². The Bertz CT molecular complexity index is 323. The first kappa shape index (κ1) is 15.5. The van der Waals surface area contributed by atoms with Gasteiger partial charge in [-0.25, -0.2) is 4.79 Å². The van der Waals surface area contributed by atoms with E-state index in [9.17, 15) is 9.59 Å². The number of carbonyl (C=O) groups is 2. The fourth-order valence-corrected chi connectivity index (χ4v) is 2.17. The molecule has 0 aromatic rings. The van der Waals surface area contributed by atoms with Crippen LogP contribution in [0.2, 0.25) is 0 Å². The van der Waals surface area contributed by atoms with Gasteiger partial charge in [0.2, 0.25) is 0 Å². The molecule has 5 heteroatoms. The van der Waals surface area contributed by atoms with Crippen molar-refractivity contribution in [3.63, 3.8) is 0 Å². The Morgan fingerprint density at radius 2 is 2.05 bits per heavy atom. The highest BCUT2D eigenvalue weighted by Crippen LogP contribution is 2.24. The highest BCUT2D eigenvalue weighted by Gasteiger charge is 2.31. The van der Waals surface area contributed by atoms with Gasteiger partial charge in [-0.2, -0.15) is 0 Å². The van der Waals surface area contributed by atoms with E-state index in [0.717, 1.165) is 37.2 Å². The zero-order chi connectivity index (χ0) is 14.3. The fraction of sp³-hybridized carbons (Fsp3) is 0.714. The third-order valence-electron chi connectivity index (χ3n) is 3.12. The van der Waals surface area contributed by atoms with Gasteiger partial charge in [-0.3, -0.25) is 4.79 Å². The molecule has 0 heterocycles. The van der Waals surface area contributed by atoms with E-state index in [4.69, 9.17) is 9.57 Å². The predicted molar refractivity (Wildman–Crippen MR) is 71.2 cm³/mol. The molecule has 0 N–H and O–H groups in total. The normalized spacial score (nSPS) is 16.7. The van der Waals surface area contributed by atoms with Crippen LogP contribution in [-0.4, -0.2) is 29.8 Å². The minimum absolute atomic E-state index is 0.0499. The van der Waals surface area contributed by atoms with Gasteiger partial charge in [-0.1, -0.05) is 25.8 Å². The lowest BCUT2D eigenvalue weighted by atomic mass is 10.1. The molecule has 1 aliphatic carbocycles. The van der Waals surface area contributed by atoms with Crippen molar-refractivity contribution >= 4 is 12.1 Å². The Morgan fingerprint density at radius 3 is 2.58 bits per heavy atom. The molecule has 1 amide bonds. The molecule has 108 valence electrons. The third-order valence-corrected chi connectivity index (χ3v) is 3.12. The smallest absolute Gasteiger partial charge is 0.443 e. The van der Waals surface area contributed by atoms with Gasteiger partial charge in [-0.15, -0.1) is 11.6 Å². The van der Waals surface area contributed by atoms with Gasteiger partial charge in [0.1, 0.15) is 0 Å². The Balaban J connectivity index is 2.50. The molecule has 1 atom stereocenters. The number of hydroxylamine groups is 2. The molecule has 1 unspecified atom stereocenters. The van der Waals surface area contributed by atoms with Crippen molar-refractivity contribution in [3.05, 3.63) is 12.7 Å². The fourth-order valence-electron chi connectivity index (χ4n) is 2.17. The molecule has 0 aliphatic heterocycles. The number of amides is 1. The van der Waals surface area contributed by atoms with Gasteiger partial charge in [0, 0.05) is 6.92 Å². The van der Waals surface area contributed by atoms with E-state index in [2.05, 4.69) is 6.58 Å². The number of hydrogen-bond donors (Lipinski definition) is 0. The van der Waals surface area contributed by atoms with Crippen molar-refractivity contribution in [2.45, 2.75) is 52.0 Å². The van der Waals surface area contributed by atoms with Crippen LogP contribution in [0.1, 0.15) is 46.0 Å². The van der Waals surface area contributed by atoms with Crippen LogP contribution in [0.5, 0.6) is 0 Å². The van der Waals surface area contributed by atoms with Crippen LogP contribution >= 0.6 is 0 Å². The van der Waals surface area contributed by atoms with Crippen LogP contribution in [0.15, 0.2) is 12.7 Å². The third kappa shape index (κ3) is 5.32. The van der Waals surface area contributed by atoms with Crippen LogP contribution in [-0.2, 0) is 14.4 Å². The van der Waals surface area contributed by atoms with Crippen molar-refractivity contribution in [2.24, 2.45) is 5.92 Å². The van der Waals surface area contributed by atoms with E-state index in [-0.39, 0.29) is 12.0 Å². The SMILES string of the molecule is C=CCC(C)COC(=O)N(OC(C)=O)C1CCCC1.